The second kappa shape index (κ2) is 4.57. The highest BCUT2D eigenvalue weighted by Crippen LogP contribution is 2.31. The average molecular weight is 313 g/mol. The van der Waals surface area contributed by atoms with Gasteiger partial charge in [0.25, 0.3) is 5.91 Å². The molecule has 1 spiro atoms. The lowest BCUT2D eigenvalue weighted by Gasteiger charge is -2.36. The summed E-state index contributed by atoms with van der Waals surface area (Å²) < 4.78 is 30.8. The van der Waals surface area contributed by atoms with Crippen molar-refractivity contribution in [3.63, 3.8) is 0 Å². The maximum Gasteiger partial charge on any atom is 0.324 e. The Kier molecular flexibility index (Phi) is 3.06. The Hall–Kier alpha value is -1.87. The number of likely N-dealkylation sites (N-methyl/N-ethyl adjacent to an activating group) is 1. The smallest absolute Gasteiger partial charge is 0.324 e. The van der Waals surface area contributed by atoms with Gasteiger partial charge in [0.2, 0.25) is 10.0 Å². The van der Waals surface area contributed by atoms with E-state index in [1.165, 1.54) is 29.9 Å². The highest BCUT2D eigenvalue weighted by atomic mass is 32.2. The van der Waals surface area contributed by atoms with Crippen molar-refractivity contribution in [2.75, 3.05) is 20.1 Å². The predicted molar refractivity (Wildman–Crippen MR) is 70.7 cm³/mol. The van der Waals surface area contributed by atoms with Crippen molar-refractivity contribution in [3.05, 3.63) is 18.6 Å². The molecule has 21 heavy (non-hydrogen) atoms. The van der Waals surface area contributed by atoms with E-state index < -0.39 is 21.6 Å². The van der Waals surface area contributed by atoms with Gasteiger partial charge in [-0.1, -0.05) is 0 Å². The minimum absolute atomic E-state index is 0.0948. The molecule has 3 rings (SSSR count). The second-order valence-corrected chi connectivity index (χ2v) is 7.18. The summed E-state index contributed by atoms with van der Waals surface area (Å²) in [5.41, 5.74) is -0.964. The van der Waals surface area contributed by atoms with Gasteiger partial charge in [-0.05, 0) is 18.9 Å². The van der Waals surface area contributed by atoms with Gasteiger partial charge < -0.3 is 9.73 Å². The molecule has 0 aromatic carbocycles. The molecule has 8 nitrogen and oxygen atoms in total. The largest absolute Gasteiger partial charge is 0.471 e. The van der Waals surface area contributed by atoms with E-state index in [0.717, 1.165) is 4.90 Å². The van der Waals surface area contributed by atoms with Crippen molar-refractivity contribution in [2.45, 2.75) is 23.3 Å². The molecule has 2 aliphatic heterocycles. The summed E-state index contributed by atoms with van der Waals surface area (Å²) in [7, 11) is -2.19. The molecule has 0 saturated carbocycles. The number of carbonyl (C=O) groups is 2. The lowest BCUT2D eigenvalue weighted by atomic mass is 9.88. The second-order valence-electron chi connectivity index (χ2n) is 5.24. The molecule has 1 aromatic rings. The normalized spacial score (nSPS) is 22.8. The number of amides is 3. The highest BCUT2D eigenvalue weighted by Gasteiger charge is 2.52. The number of imide groups is 1. The maximum absolute atomic E-state index is 12.3. The van der Waals surface area contributed by atoms with Crippen molar-refractivity contribution in [2.24, 2.45) is 0 Å². The van der Waals surface area contributed by atoms with Crippen LogP contribution in [0.25, 0.3) is 0 Å². The SMILES string of the molecule is CN1C(=O)NC2(CCN(S(=O)(=O)c3ccoc3)CC2)C1=O. The van der Waals surface area contributed by atoms with Crippen LogP contribution in [0.5, 0.6) is 0 Å². The molecule has 2 aliphatic rings. The molecule has 3 heterocycles. The Morgan fingerprint density at radius 1 is 1.29 bits per heavy atom. The summed E-state index contributed by atoms with van der Waals surface area (Å²) in [6, 6.07) is 0.946. The van der Waals surface area contributed by atoms with Crippen LogP contribution in [0.15, 0.2) is 27.9 Å². The highest BCUT2D eigenvalue weighted by molar-refractivity contribution is 7.89. The predicted octanol–water partition coefficient (Wildman–Crippen LogP) is -0.0155. The molecule has 0 atom stereocenters. The first-order valence-corrected chi connectivity index (χ1v) is 7.93. The van der Waals surface area contributed by atoms with E-state index >= 15 is 0 Å². The van der Waals surface area contributed by atoms with Gasteiger partial charge in [0, 0.05) is 20.1 Å². The Morgan fingerprint density at radius 3 is 2.43 bits per heavy atom. The first-order chi connectivity index (χ1) is 9.87. The van der Waals surface area contributed by atoms with Crippen LogP contribution in [0.1, 0.15) is 12.8 Å². The molecule has 0 radical (unpaired) electrons. The van der Waals surface area contributed by atoms with E-state index in [0.29, 0.717) is 0 Å². The fourth-order valence-electron chi connectivity index (χ4n) is 2.75. The molecule has 1 N–H and O–H groups in total. The Balaban J connectivity index is 1.77. The summed E-state index contributed by atoms with van der Waals surface area (Å²) in [4.78, 5) is 24.8. The van der Waals surface area contributed by atoms with Gasteiger partial charge in [0.05, 0.1) is 6.26 Å². The number of rotatable bonds is 2. The van der Waals surface area contributed by atoms with Crippen LogP contribution in [0.2, 0.25) is 0 Å². The van der Waals surface area contributed by atoms with Crippen molar-refractivity contribution >= 4 is 22.0 Å². The number of furan rings is 1. The van der Waals surface area contributed by atoms with Crippen molar-refractivity contribution in [3.8, 4) is 0 Å². The van der Waals surface area contributed by atoms with Gasteiger partial charge in [-0.25, -0.2) is 13.2 Å². The Bertz CT molecular complexity index is 674. The number of carbonyl (C=O) groups excluding carboxylic acids is 2. The van der Waals surface area contributed by atoms with Crippen LogP contribution in [0.4, 0.5) is 4.79 Å². The topological polar surface area (TPSA) is 99.9 Å². The first kappa shape index (κ1) is 14.1. The quantitative estimate of drug-likeness (QED) is 0.774. The van der Waals surface area contributed by atoms with Gasteiger partial charge in [-0.3, -0.25) is 9.69 Å². The van der Waals surface area contributed by atoms with E-state index in [4.69, 9.17) is 4.42 Å². The Labute approximate surface area is 121 Å². The third-order valence-corrected chi connectivity index (χ3v) is 5.95. The summed E-state index contributed by atoms with van der Waals surface area (Å²) in [5.74, 6) is -0.298. The third-order valence-electron chi connectivity index (χ3n) is 4.07. The first-order valence-electron chi connectivity index (χ1n) is 6.49. The van der Waals surface area contributed by atoms with Gasteiger partial charge in [0.15, 0.2) is 0 Å². The van der Waals surface area contributed by atoms with E-state index in [-0.39, 0.29) is 36.7 Å². The van der Waals surface area contributed by atoms with Gasteiger partial charge in [-0.15, -0.1) is 0 Å². The van der Waals surface area contributed by atoms with E-state index in [1.54, 1.807) is 0 Å². The summed E-state index contributed by atoms with van der Waals surface area (Å²) in [6.45, 7) is 0.348. The molecule has 3 amide bonds. The van der Waals surface area contributed by atoms with Crippen molar-refractivity contribution in [1.29, 1.82) is 0 Å². The number of nitrogens with one attached hydrogen (secondary N) is 1. The van der Waals surface area contributed by atoms with Crippen LogP contribution in [-0.2, 0) is 14.8 Å². The molecular formula is C12H15N3O5S. The fourth-order valence-corrected chi connectivity index (χ4v) is 4.12. The van der Waals surface area contributed by atoms with E-state index in [2.05, 4.69) is 5.32 Å². The number of sulfonamides is 1. The molecule has 0 unspecified atom stereocenters. The molecule has 0 aliphatic carbocycles. The minimum atomic E-state index is -3.61. The summed E-state index contributed by atoms with van der Waals surface area (Å²) in [5, 5.41) is 2.67. The zero-order valence-corrected chi connectivity index (χ0v) is 12.2. The lowest BCUT2D eigenvalue weighted by Crippen LogP contribution is -2.55. The zero-order chi connectivity index (χ0) is 15.3. The number of piperidine rings is 1. The van der Waals surface area contributed by atoms with Crippen LogP contribution in [0.3, 0.4) is 0 Å². The molecule has 0 bridgehead atoms. The standard InChI is InChI=1S/C12H15N3O5S/c1-14-10(16)12(13-11(14)17)3-5-15(6-4-12)21(18,19)9-2-7-20-8-9/h2,7-8H,3-6H2,1H3,(H,13,17). The molecule has 2 fully saturated rings. The van der Waals surface area contributed by atoms with Crippen molar-refractivity contribution in [1.82, 2.24) is 14.5 Å². The number of hydrogen-bond acceptors (Lipinski definition) is 5. The van der Waals surface area contributed by atoms with E-state index in [9.17, 15) is 18.0 Å². The number of hydrogen-bond donors (Lipinski definition) is 1. The van der Waals surface area contributed by atoms with Crippen LogP contribution in [-0.4, -0.2) is 55.2 Å². The molecule has 1 aromatic heterocycles. The van der Waals surface area contributed by atoms with Gasteiger partial charge in [0.1, 0.15) is 16.7 Å². The van der Waals surface area contributed by atoms with Gasteiger partial charge >= 0.3 is 6.03 Å². The summed E-state index contributed by atoms with van der Waals surface area (Å²) >= 11 is 0. The fraction of sp³-hybridized carbons (Fsp3) is 0.500. The third kappa shape index (κ3) is 2.04. The molecule has 9 heteroatoms. The molecule has 2 saturated heterocycles. The zero-order valence-electron chi connectivity index (χ0n) is 11.4. The summed E-state index contributed by atoms with van der Waals surface area (Å²) in [6.07, 6.45) is 3.00. The van der Waals surface area contributed by atoms with Crippen molar-refractivity contribution < 1.29 is 22.4 Å². The molecular weight excluding hydrogens is 298 g/mol. The molecule has 114 valence electrons. The van der Waals surface area contributed by atoms with Gasteiger partial charge in [-0.2, -0.15) is 4.31 Å². The maximum atomic E-state index is 12.3. The van der Waals surface area contributed by atoms with Crippen LogP contribution in [0, 0.1) is 0 Å². The lowest BCUT2D eigenvalue weighted by molar-refractivity contribution is -0.131. The average Bonchev–Trinajstić information content (AvgIpc) is 3.06. The number of nitrogens with zero attached hydrogens (tertiary/aromatic N) is 2. The monoisotopic (exact) mass is 313 g/mol. The van der Waals surface area contributed by atoms with Crippen LogP contribution >= 0.6 is 0 Å². The van der Waals surface area contributed by atoms with Crippen LogP contribution < -0.4 is 5.32 Å². The Morgan fingerprint density at radius 2 is 1.95 bits per heavy atom. The number of urea groups is 1. The minimum Gasteiger partial charge on any atom is -0.471 e. The van der Waals surface area contributed by atoms with E-state index in [1.807, 2.05) is 0 Å².